The number of anilines is 1. The molecule has 0 radical (unpaired) electrons. The van der Waals surface area contributed by atoms with Crippen molar-refractivity contribution in [1.82, 2.24) is 9.59 Å². The molecule has 0 atom stereocenters. The number of para-hydroxylation sites is 1. The van der Waals surface area contributed by atoms with Gasteiger partial charge in [-0.3, -0.25) is 4.79 Å². The highest BCUT2D eigenvalue weighted by molar-refractivity contribution is 9.10. The van der Waals surface area contributed by atoms with Crippen molar-refractivity contribution in [2.24, 2.45) is 0 Å². The molecule has 0 bridgehead atoms. The molecule has 1 amide bonds. The molecule has 1 aromatic heterocycles. The fraction of sp³-hybridized carbons (Fsp3) is 0. The molecule has 92 valence electrons. The highest BCUT2D eigenvalue weighted by atomic mass is 79.9. The number of rotatable bonds is 3. The SMILES string of the molecule is O=C(Nc1c(Br)cccc1C(=O)O)c1cnns1. The Labute approximate surface area is 114 Å². The zero-order chi connectivity index (χ0) is 13.1. The summed E-state index contributed by atoms with van der Waals surface area (Å²) in [5.74, 6) is -1.56. The van der Waals surface area contributed by atoms with E-state index in [0.29, 0.717) is 9.35 Å². The van der Waals surface area contributed by atoms with E-state index in [-0.39, 0.29) is 11.3 Å². The van der Waals surface area contributed by atoms with E-state index in [9.17, 15) is 9.59 Å². The van der Waals surface area contributed by atoms with Gasteiger partial charge in [-0.2, -0.15) is 0 Å². The molecule has 0 aliphatic carbocycles. The maximum absolute atomic E-state index is 11.8. The van der Waals surface area contributed by atoms with E-state index in [1.165, 1.54) is 12.3 Å². The van der Waals surface area contributed by atoms with Gasteiger partial charge in [-0.15, -0.1) is 5.10 Å². The van der Waals surface area contributed by atoms with Crippen molar-refractivity contribution in [2.75, 3.05) is 5.32 Å². The monoisotopic (exact) mass is 327 g/mol. The predicted molar refractivity (Wildman–Crippen MR) is 69.0 cm³/mol. The average Bonchev–Trinajstić information content (AvgIpc) is 2.85. The van der Waals surface area contributed by atoms with Crippen molar-refractivity contribution < 1.29 is 14.7 Å². The van der Waals surface area contributed by atoms with Gasteiger partial charge in [-0.1, -0.05) is 10.6 Å². The van der Waals surface area contributed by atoms with Crippen molar-refractivity contribution in [2.45, 2.75) is 0 Å². The smallest absolute Gasteiger partial charge is 0.337 e. The van der Waals surface area contributed by atoms with Crippen molar-refractivity contribution in [3.05, 3.63) is 39.3 Å². The molecule has 2 N–H and O–H groups in total. The molecule has 0 unspecified atom stereocenters. The van der Waals surface area contributed by atoms with Gasteiger partial charge in [0.15, 0.2) is 0 Å². The van der Waals surface area contributed by atoms with Crippen LogP contribution in [0.5, 0.6) is 0 Å². The van der Waals surface area contributed by atoms with Crippen LogP contribution in [0.15, 0.2) is 28.9 Å². The third kappa shape index (κ3) is 2.54. The molecule has 0 spiro atoms. The Morgan fingerprint density at radius 1 is 1.39 bits per heavy atom. The van der Waals surface area contributed by atoms with Crippen molar-refractivity contribution in [1.29, 1.82) is 0 Å². The molecule has 0 aliphatic heterocycles. The second kappa shape index (κ2) is 5.23. The number of benzene rings is 1. The first-order valence-electron chi connectivity index (χ1n) is 4.70. The molecule has 1 aromatic carbocycles. The summed E-state index contributed by atoms with van der Waals surface area (Å²) in [4.78, 5) is 23.2. The van der Waals surface area contributed by atoms with Crippen molar-refractivity contribution in [3.8, 4) is 0 Å². The second-order valence-corrected chi connectivity index (χ2v) is 4.84. The van der Waals surface area contributed by atoms with E-state index in [0.717, 1.165) is 11.5 Å². The van der Waals surface area contributed by atoms with Gasteiger partial charge in [0.2, 0.25) is 0 Å². The number of hydrogen-bond acceptors (Lipinski definition) is 5. The van der Waals surface area contributed by atoms with Gasteiger partial charge in [0.25, 0.3) is 5.91 Å². The second-order valence-electron chi connectivity index (χ2n) is 3.20. The molecule has 2 rings (SSSR count). The summed E-state index contributed by atoms with van der Waals surface area (Å²) >= 11 is 4.14. The highest BCUT2D eigenvalue weighted by Crippen LogP contribution is 2.27. The summed E-state index contributed by atoms with van der Waals surface area (Å²) < 4.78 is 4.06. The molecule has 0 aliphatic rings. The van der Waals surface area contributed by atoms with E-state index in [1.807, 2.05) is 0 Å². The fourth-order valence-corrected chi connectivity index (χ4v) is 2.15. The zero-order valence-corrected chi connectivity index (χ0v) is 11.2. The summed E-state index contributed by atoms with van der Waals surface area (Å²) in [7, 11) is 0. The van der Waals surface area contributed by atoms with Gasteiger partial charge >= 0.3 is 5.97 Å². The summed E-state index contributed by atoms with van der Waals surface area (Å²) in [5.41, 5.74) is 0.221. The molecule has 1 heterocycles. The first-order valence-corrected chi connectivity index (χ1v) is 6.26. The number of hydrogen-bond donors (Lipinski definition) is 2. The normalized spacial score (nSPS) is 10.1. The first-order chi connectivity index (χ1) is 8.59. The fourth-order valence-electron chi connectivity index (χ4n) is 1.27. The lowest BCUT2D eigenvalue weighted by Crippen LogP contribution is -2.14. The van der Waals surface area contributed by atoms with Gasteiger partial charge in [-0.25, -0.2) is 4.79 Å². The number of aromatic nitrogens is 2. The summed E-state index contributed by atoms with van der Waals surface area (Å²) in [6.45, 7) is 0. The largest absolute Gasteiger partial charge is 0.478 e. The third-order valence-corrected chi connectivity index (χ3v) is 3.39. The number of carboxylic acids is 1. The number of amides is 1. The third-order valence-electron chi connectivity index (χ3n) is 2.07. The molecular weight excluding hydrogens is 322 g/mol. The number of halogens is 1. The topological polar surface area (TPSA) is 92.2 Å². The van der Waals surface area contributed by atoms with E-state index >= 15 is 0 Å². The molecule has 0 saturated carbocycles. The number of carbonyl (C=O) groups is 2. The van der Waals surface area contributed by atoms with E-state index < -0.39 is 11.9 Å². The van der Waals surface area contributed by atoms with Gasteiger partial charge in [0.1, 0.15) is 4.88 Å². The highest BCUT2D eigenvalue weighted by Gasteiger charge is 2.17. The van der Waals surface area contributed by atoms with Crippen LogP contribution in [0.4, 0.5) is 5.69 Å². The predicted octanol–water partition coefficient (Wildman–Crippen LogP) is 2.25. The Morgan fingerprint density at radius 3 is 2.78 bits per heavy atom. The van der Waals surface area contributed by atoms with Crippen LogP contribution >= 0.6 is 27.5 Å². The maximum Gasteiger partial charge on any atom is 0.337 e. The van der Waals surface area contributed by atoms with Crippen LogP contribution in [0.1, 0.15) is 20.0 Å². The molecule has 8 heteroatoms. The van der Waals surface area contributed by atoms with Crippen LogP contribution in [-0.2, 0) is 0 Å². The lowest BCUT2D eigenvalue weighted by molar-refractivity contribution is 0.0698. The molecule has 18 heavy (non-hydrogen) atoms. The maximum atomic E-state index is 11.8. The lowest BCUT2D eigenvalue weighted by Gasteiger charge is -2.09. The summed E-state index contributed by atoms with van der Waals surface area (Å²) in [5, 5.41) is 15.1. The lowest BCUT2D eigenvalue weighted by atomic mass is 10.2. The number of aromatic carboxylic acids is 1. The molecule has 0 saturated heterocycles. The molecule has 2 aromatic rings. The Bertz CT molecular complexity index is 600. The van der Waals surface area contributed by atoms with Crippen LogP contribution in [0, 0.1) is 0 Å². The Hall–Kier alpha value is -1.80. The van der Waals surface area contributed by atoms with E-state index in [4.69, 9.17) is 5.11 Å². The van der Waals surface area contributed by atoms with Crippen LogP contribution in [0.3, 0.4) is 0 Å². The molecule has 0 fully saturated rings. The van der Waals surface area contributed by atoms with E-state index in [1.54, 1.807) is 12.1 Å². The van der Waals surface area contributed by atoms with Gasteiger partial charge in [-0.05, 0) is 39.6 Å². The Morgan fingerprint density at radius 2 is 2.17 bits per heavy atom. The minimum Gasteiger partial charge on any atom is -0.478 e. The summed E-state index contributed by atoms with van der Waals surface area (Å²) in [6.07, 6.45) is 1.32. The Balaban J connectivity index is 2.34. The Kier molecular flexibility index (Phi) is 3.68. The average molecular weight is 328 g/mol. The first kappa shape index (κ1) is 12.7. The van der Waals surface area contributed by atoms with Crippen LogP contribution in [0.2, 0.25) is 0 Å². The number of carbonyl (C=O) groups excluding carboxylic acids is 1. The van der Waals surface area contributed by atoms with Crippen LogP contribution in [0.25, 0.3) is 0 Å². The molecule has 6 nitrogen and oxygen atoms in total. The van der Waals surface area contributed by atoms with Gasteiger partial charge in [0, 0.05) is 4.47 Å². The number of carboxylic acid groups (broad SMARTS) is 1. The molecular formula is C10H6BrN3O3S. The van der Waals surface area contributed by atoms with Crippen LogP contribution < -0.4 is 5.32 Å². The van der Waals surface area contributed by atoms with Gasteiger partial charge in [0.05, 0.1) is 17.4 Å². The number of nitrogens with zero attached hydrogens (tertiary/aromatic N) is 2. The summed E-state index contributed by atoms with van der Waals surface area (Å²) in [6, 6.07) is 4.64. The van der Waals surface area contributed by atoms with E-state index in [2.05, 4.69) is 30.8 Å². The van der Waals surface area contributed by atoms with Crippen molar-refractivity contribution in [3.63, 3.8) is 0 Å². The standard InChI is InChI=1S/C10H6BrN3O3S/c11-6-3-1-2-5(10(16)17)8(6)13-9(15)7-4-12-14-18-7/h1-4H,(H,13,15)(H,16,17). The minimum absolute atomic E-state index is 0.00944. The van der Waals surface area contributed by atoms with Crippen LogP contribution in [-0.4, -0.2) is 26.6 Å². The quantitative estimate of drug-likeness (QED) is 0.901. The van der Waals surface area contributed by atoms with Crippen molar-refractivity contribution >= 4 is 45.0 Å². The van der Waals surface area contributed by atoms with Gasteiger partial charge < -0.3 is 10.4 Å². The number of nitrogens with one attached hydrogen (secondary N) is 1. The zero-order valence-electron chi connectivity index (χ0n) is 8.75. The minimum atomic E-state index is -1.12.